The number of H-pyrrole nitrogens is 2. The Hall–Kier alpha value is -1.36. The summed E-state index contributed by atoms with van der Waals surface area (Å²) in [6, 6.07) is 0. The first-order valence-electron chi connectivity index (χ1n) is 5.35. The number of aryl methyl sites for hydroxylation is 1. The molecule has 2 rings (SSSR count). The smallest absolute Gasteiger partial charge is 0.302 e. The van der Waals surface area contributed by atoms with Gasteiger partial charge in [0.05, 0.1) is 0 Å². The molecule has 0 radical (unpaired) electrons. The summed E-state index contributed by atoms with van der Waals surface area (Å²) in [5.74, 6) is 0.682. The SMILES string of the molecule is CCCCCc1nc(Cl)c2[nH]c(=O)[nH]c2n1. The molecule has 0 aromatic carbocycles. The molecular weight excluding hydrogens is 228 g/mol. The second kappa shape index (κ2) is 4.65. The van der Waals surface area contributed by atoms with Crippen LogP contribution in [0, 0.1) is 0 Å². The molecule has 0 aliphatic heterocycles. The molecule has 0 unspecified atom stereocenters. The van der Waals surface area contributed by atoms with E-state index in [4.69, 9.17) is 11.6 Å². The van der Waals surface area contributed by atoms with Crippen molar-refractivity contribution in [2.24, 2.45) is 0 Å². The molecule has 0 fully saturated rings. The second-order valence-corrected chi connectivity index (χ2v) is 4.05. The fraction of sp³-hybridized carbons (Fsp3) is 0.500. The van der Waals surface area contributed by atoms with Crippen molar-refractivity contribution in [3.63, 3.8) is 0 Å². The molecule has 0 bridgehead atoms. The number of halogens is 1. The summed E-state index contributed by atoms with van der Waals surface area (Å²) in [5.41, 5.74) is 0.652. The van der Waals surface area contributed by atoms with Gasteiger partial charge in [0.25, 0.3) is 0 Å². The van der Waals surface area contributed by atoms with Crippen molar-refractivity contribution in [1.29, 1.82) is 0 Å². The summed E-state index contributed by atoms with van der Waals surface area (Å²) in [6.45, 7) is 2.14. The van der Waals surface area contributed by atoms with Crippen molar-refractivity contribution in [2.75, 3.05) is 0 Å². The molecule has 0 aliphatic rings. The highest BCUT2D eigenvalue weighted by molar-refractivity contribution is 6.33. The molecular formula is C10H13ClN4O. The van der Waals surface area contributed by atoms with Crippen LogP contribution in [-0.2, 0) is 6.42 Å². The van der Waals surface area contributed by atoms with Crippen molar-refractivity contribution in [2.45, 2.75) is 32.6 Å². The van der Waals surface area contributed by atoms with E-state index in [2.05, 4.69) is 26.9 Å². The highest BCUT2D eigenvalue weighted by atomic mass is 35.5. The van der Waals surface area contributed by atoms with Gasteiger partial charge in [0, 0.05) is 6.42 Å². The number of rotatable bonds is 4. The molecule has 0 amide bonds. The Morgan fingerprint density at radius 3 is 2.81 bits per heavy atom. The van der Waals surface area contributed by atoms with E-state index in [1.54, 1.807) is 0 Å². The maximum Gasteiger partial charge on any atom is 0.325 e. The van der Waals surface area contributed by atoms with Crippen LogP contribution < -0.4 is 5.69 Å². The zero-order valence-corrected chi connectivity index (χ0v) is 9.76. The summed E-state index contributed by atoms with van der Waals surface area (Å²) in [6.07, 6.45) is 4.11. The van der Waals surface area contributed by atoms with E-state index in [1.807, 2.05) is 0 Å². The fourth-order valence-corrected chi connectivity index (χ4v) is 1.81. The number of nitrogens with one attached hydrogen (secondary N) is 2. The number of hydrogen-bond donors (Lipinski definition) is 2. The minimum absolute atomic E-state index is 0.301. The Kier molecular flexibility index (Phi) is 3.24. The average Bonchev–Trinajstić information content (AvgIpc) is 2.60. The number of unbranched alkanes of at least 4 members (excludes halogenated alkanes) is 2. The van der Waals surface area contributed by atoms with E-state index < -0.39 is 0 Å². The van der Waals surface area contributed by atoms with Gasteiger partial charge in [-0.2, -0.15) is 0 Å². The lowest BCUT2D eigenvalue weighted by atomic mass is 10.2. The largest absolute Gasteiger partial charge is 0.325 e. The van der Waals surface area contributed by atoms with Crippen LogP contribution in [0.1, 0.15) is 32.0 Å². The van der Waals surface area contributed by atoms with Gasteiger partial charge in [0.1, 0.15) is 11.3 Å². The molecule has 2 heterocycles. The van der Waals surface area contributed by atoms with E-state index in [0.29, 0.717) is 22.1 Å². The van der Waals surface area contributed by atoms with Crippen LogP contribution >= 0.6 is 11.6 Å². The molecule has 2 aromatic heterocycles. The third kappa shape index (κ3) is 2.24. The fourth-order valence-electron chi connectivity index (χ4n) is 1.58. The zero-order chi connectivity index (χ0) is 11.5. The third-order valence-electron chi connectivity index (χ3n) is 2.39. The summed E-state index contributed by atoms with van der Waals surface area (Å²) in [7, 11) is 0. The second-order valence-electron chi connectivity index (χ2n) is 3.69. The lowest BCUT2D eigenvalue weighted by Gasteiger charge is -2.00. The molecule has 0 spiro atoms. The summed E-state index contributed by atoms with van der Waals surface area (Å²) >= 11 is 5.95. The van der Waals surface area contributed by atoms with Crippen LogP contribution in [-0.4, -0.2) is 19.9 Å². The van der Waals surface area contributed by atoms with E-state index >= 15 is 0 Å². The number of imidazole rings is 1. The number of aromatic nitrogens is 4. The number of fused-ring (bicyclic) bond motifs is 1. The van der Waals surface area contributed by atoms with Crippen LogP contribution in [0.5, 0.6) is 0 Å². The number of nitrogens with zero attached hydrogens (tertiary/aromatic N) is 2. The van der Waals surface area contributed by atoms with Crippen LogP contribution in [0.2, 0.25) is 5.15 Å². The molecule has 16 heavy (non-hydrogen) atoms. The molecule has 6 heteroatoms. The van der Waals surface area contributed by atoms with Crippen molar-refractivity contribution < 1.29 is 0 Å². The Morgan fingerprint density at radius 1 is 1.25 bits per heavy atom. The number of hydrogen-bond acceptors (Lipinski definition) is 3. The lowest BCUT2D eigenvalue weighted by molar-refractivity contribution is 0.695. The Morgan fingerprint density at radius 2 is 2.06 bits per heavy atom. The number of aromatic amines is 2. The highest BCUT2D eigenvalue weighted by Gasteiger charge is 2.08. The monoisotopic (exact) mass is 240 g/mol. The Bertz CT molecular complexity index is 545. The maximum atomic E-state index is 11.1. The first-order valence-corrected chi connectivity index (χ1v) is 5.73. The van der Waals surface area contributed by atoms with Gasteiger partial charge < -0.3 is 4.98 Å². The van der Waals surface area contributed by atoms with Crippen LogP contribution in [0.15, 0.2) is 4.79 Å². The molecule has 86 valence electrons. The van der Waals surface area contributed by atoms with Crippen molar-refractivity contribution >= 4 is 22.8 Å². The molecule has 2 aromatic rings. The van der Waals surface area contributed by atoms with Gasteiger partial charge in [-0.25, -0.2) is 14.8 Å². The van der Waals surface area contributed by atoms with E-state index in [-0.39, 0.29) is 5.69 Å². The highest BCUT2D eigenvalue weighted by Crippen LogP contribution is 2.15. The summed E-state index contributed by atoms with van der Waals surface area (Å²) < 4.78 is 0. The van der Waals surface area contributed by atoms with Crippen LogP contribution in [0.3, 0.4) is 0 Å². The quantitative estimate of drug-likeness (QED) is 0.634. The summed E-state index contributed by atoms with van der Waals surface area (Å²) in [4.78, 5) is 24.6. The zero-order valence-electron chi connectivity index (χ0n) is 9.01. The first-order chi connectivity index (χ1) is 7.70. The first kappa shape index (κ1) is 11.1. The molecule has 0 saturated carbocycles. The Labute approximate surface area is 97.3 Å². The average molecular weight is 241 g/mol. The molecule has 0 atom stereocenters. The van der Waals surface area contributed by atoms with E-state index in [1.165, 1.54) is 0 Å². The van der Waals surface area contributed by atoms with Gasteiger partial charge in [0.2, 0.25) is 0 Å². The van der Waals surface area contributed by atoms with Crippen molar-refractivity contribution in [1.82, 2.24) is 19.9 Å². The predicted molar refractivity (Wildman–Crippen MR) is 62.7 cm³/mol. The van der Waals surface area contributed by atoms with Gasteiger partial charge >= 0.3 is 5.69 Å². The molecule has 0 saturated heterocycles. The minimum Gasteiger partial charge on any atom is -0.302 e. The summed E-state index contributed by atoms with van der Waals surface area (Å²) in [5, 5.41) is 0.301. The van der Waals surface area contributed by atoms with E-state index in [9.17, 15) is 4.79 Å². The van der Waals surface area contributed by atoms with Crippen molar-refractivity contribution in [3.05, 3.63) is 21.5 Å². The molecule has 0 aliphatic carbocycles. The van der Waals surface area contributed by atoms with Gasteiger partial charge in [-0.15, -0.1) is 0 Å². The minimum atomic E-state index is -0.308. The maximum absolute atomic E-state index is 11.1. The van der Waals surface area contributed by atoms with Crippen LogP contribution in [0.25, 0.3) is 11.2 Å². The van der Waals surface area contributed by atoms with Gasteiger partial charge in [-0.1, -0.05) is 31.4 Å². The van der Waals surface area contributed by atoms with Gasteiger partial charge in [0.15, 0.2) is 10.8 Å². The standard InChI is InChI=1S/C10H13ClN4O/c1-2-3-4-5-6-12-8(11)7-9(13-6)15-10(16)14-7/h2-5H2,1H3,(H2,12,13,14,15,16). The Balaban J connectivity index is 2.30. The van der Waals surface area contributed by atoms with Gasteiger partial charge in [-0.05, 0) is 6.42 Å². The predicted octanol–water partition coefficient (Wildman–Crippen LogP) is 2.03. The molecule has 5 nitrogen and oxygen atoms in total. The van der Waals surface area contributed by atoms with Crippen molar-refractivity contribution in [3.8, 4) is 0 Å². The van der Waals surface area contributed by atoms with Crippen LogP contribution in [0.4, 0.5) is 0 Å². The van der Waals surface area contributed by atoms with E-state index in [0.717, 1.165) is 25.7 Å². The topological polar surface area (TPSA) is 74.4 Å². The van der Waals surface area contributed by atoms with Gasteiger partial charge in [-0.3, -0.25) is 4.98 Å². The third-order valence-corrected chi connectivity index (χ3v) is 2.66. The normalized spacial score (nSPS) is 11.1. The molecule has 2 N–H and O–H groups in total. The lowest BCUT2D eigenvalue weighted by Crippen LogP contribution is -1.99.